The van der Waals surface area contributed by atoms with E-state index in [-0.39, 0.29) is 30.7 Å². The standard InChI is InChI=1S/C26H30N4O3/c1-26-15-13-24(32)30(26)22-8-4-3-7-21(22)25(33)29(26)18-14-23(31)27-19-9-11-20(12-10-19)28-16-5-2-6-17-28/h3-4,7-12H,2,5-6,13-18H2,1H3,(H,27,31)/t26-/m0/s1. The fourth-order valence-electron chi connectivity index (χ4n) is 5.39. The number of amides is 3. The maximum Gasteiger partial charge on any atom is 0.257 e. The number of fused-ring (bicyclic) bond motifs is 3. The summed E-state index contributed by atoms with van der Waals surface area (Å²) < 4.78 is 0. The molecule has 3 aliphatic heterocycles. The maximum absolute atomic E-state index is 13.3. The number of rotatable bonds is 5. The van der Waals surface area contributed by atoms with Crippen LogP contribution in [0.25, 0.3) is 0 Å². The van der Waals surface area contributed by atoms with Gasteiger partial charge >= 0.3 is 0 Å². The summed E-state index contributed by atoms with van der Waals surface area (Å²) in [6.45, 7) is 4.34. The summed E-state index contributed by atoms with van der Waals surface area (Å²) in [4.78, 5) is 44.5. The van der Waals surface area contributed by atoms with Crippen molar-refractivity contribution in [1.82, 2.24) is 4.90 Å². The van der Waals surface area contributed by atoms with Crippen molar-refractivity contribution >= 4 is 34.8 Å². The van der Waals surface area contributed by atoms with Crippen LogP contribution in [-0.2, 0) is 9.59 Å². The Hall–Kier alpha value is -3.35. The minimum atomic E-state index is -0.737. The maximum atomic E-state index is 13.3. The Labute approximate surface area is 194 Å². The molecule has 0 aromatic heterocycles. The molecule has 172 valence electrons. The summed E-state index contributed by atoms with van der Waals surface area (Å²) in [5.74, 6) is -0.259. The molecule has 33 heavy (non-hydrogen) atoms. The second-order valence-corrected chi connectivity index (χ2v) is 9.31. The van der Waals surface area contributed by atoms with Crippen LogP contribution in [-0.4, -0.2) is 47.9 Å². The normalized spacial score (nSPS) is 22.3. The van der Waals surface area contributed by atoms with Crippen molar-refractivity contribution in [3.8, 4) is 0 Å². The van der Waals surface area contributed by atoms with Crippen LogP contribution in [0.3, 0.4) is 0 Å². The second-order valence-electron chi connectivity index (χ2n) is 9.31. The van der Waals surface area contributed by atoms with Gasteiger partial charge in [-0.1, -0.05) is 12.1 Å². The Balaban J connectivity index is 1.26. The molecule has 0 bridgehead atoms. The molecule has 2 aromatic rings. The number of carbonyl (C=O) groups excluding carboxylic acids is 3. The smallest absolute Gasteiger partial charge is 0.257 e. The minimum Gasteiger partial charge on any atom is -0.372 e. The second kappa shape index (κ2) is 8.54. The van der Waals surface area contributed by atoms with Crippen LogP contribution in [0.5, 0.6) is 0 Å². The van der Waals surface area contributed by atoms with E-state index < -0.39 is 5.66 Å². The van der Waals surface area contributed by atoms with E-state index in [0.29, 0.717) is 24.1 Å². The van der Waals surface area contributed by atoms with Crippen molar-refractivity contribution in [2.75, 3.05) is 34.8 Å². The average molecular weight is 447 g/mol. The van der Waals surface area contributed by atoms with Crippen molar-refractivity contribution < 1.29 is 14.4 Å². The van der Waals surface area contributed by atoms with E-state index >= 15 is 0 Å². The first kappa shape index (κ1) is 21.5. The number of benzene rings is 2. The van der Waals surface area contributed by atoms with Crippen molar-refractivity contribution in [2.45, 2.75) is 51.1 Å². The van der Waals surface area contributed by atoms with Gasteiger partial charge < -0.3 is 15.1 Å². The number of carbonyl (C=O) groups is 3. The summed E-state index contributed by atoms with van der Waals surface area (Å²) in [6.07, 6.45) is 4.86. The molecule has 1 N–H and O–H groups in total. The van der Waals surface area contributed by atoms with E-state index in [4.69, 9.17) is 0 Å². The van der Waals surface area contributed by atoms with Crippen LogP contribution in [0, 0.1) is 0 Å². The molecule has 0 spiro atoms. The van der Waals surface area contributed by atoms with E-state index in [1.165, 1.54) is 24.9 Å². The largest absolute Gasteiger partial charge is 0.372 e. The van der Waals surface area contributed by atoms with E-state index in [9.17, 15) is 14.4 Å². The van der Waals surface area contributed by atoms with E-state index in [1.54, 1.807) is 21.9 Å². The van der Waals surface area contributed by atoms with Gasteiger partial charge in [0, 0.05) is 43.9 Å². The van der Waals surface area contributed by atoms with Gasteiger partial charge in [-0.05, 0) is 69.0 Å². The van der Waals surface area contributed by atoms with Gasteiger partial charge in [-0.3, -0.25) is 19.3 Å². The summed E-state index contributed by atoms with van der Waals surface area (Å²) in [7, 11) is 0. The number of nitrogens with zero attached hydrogens (tertiary/aromatic N) is 3. The number of piperidine rings is 1. The summed E-state index contributed by atoms with van der Waals surface area (Å²) >= 11 is 0. The predicted octanol–water partition coefficient (Wildman–Crippen LogP) is 4.00. The zero-order valence-electron chi connectivity index (χ0n) is 19.0. The molecule has 3 aliphatic rings. The Morgan fingerprint density at radius 1 is 1.00 bits per heavy atom. The molecular weight excluding hydrogens is 416 g/mol. The zero-order chi connectivity index (χ0) is 23.0. The summed E-state index contributed by atoms with van der Waals surface area (Å²) in [5, 5.41) is 2.95. The first-order chi connectivity index (χ1) is 16.0. The zero-order valence-corrected chi connectivity index (χ0v) is 19.0. The number of hydrogen-bond acceptors (Lipinski definition) is 4. The van der Waals surface area contributed by atoms with Gasteiger partial charge in [0.05, 0.1) is 11.3 Å². The SMILES string of the molecule is C[C@@]12CCC(=O)N1c1ccccc1C(=O)N2CCC(=O)Nc1ccc(N2CCCCC2)cc1. The fourth-order valence-corrected chi connectivity index (χ4v) is 5.39. The van der Waals surface area contributed by atoms with Gasteiger partial charge in [0.1, 0.15) is 5.66 Å². The van der Waals surface area contributed by atoms with Crippen LogP contribution in [0.4, 0.5) is 17.1 Å². The molecule has 2 aromatic carbocycles. The molecule has 3 amide bonds. The number of anilines is 3. The predicted molar refractivity (Wildman–Crippen MR) is 128 cm³/mol. The van der Waals surface area contributed by atoms with Crippen molar-refractivity contribution in [1.29, 1.82) is 0 Å². The molecule has 0 unspecified atom stereocenters. The van der Waals surface area contributed by atoms with Crippen LogP contribution in [0.1, 0.15) is 55.8 Å². The first-order valence-corrected chi connectivity index (χ1v) is 11.9. The van der Waals surface area contributed by atoms with E-state index in [0.717, 1.165) is 18.8 Å². The van der Waals surface area contributed by atoms with Crippen molar-refractivity contribution in [3.63, 3.8) is 0 Å². The fraction of sp³-hybridized carbons (Fsp3) is 0.423. The molecule has 0 saturated carbocycles. The van der Waals surface area contributed by atoms with Crippen molar-refractivity contribution in [3.05, 3.63) is 54.1 Å². The van der Waals surface area contributed by atoms with Crippen LogP contribution in [0.15, 0.2) is 48.5 Å². The lowest BCUT2D eigenvalue weighted by molar-refractivity contribution is -0.117. The Morgan fingerprint density at radius 3 is 2.48 bits per heavy atom. The highest BCUT2D eigenvalue weighted by Crippen LogP contribution is 2.44. The minimum absolute atomic E-state index is 0.0145. The number of para-hydroxylation sites is 1. The summed E-state index contributed by atoms with van der Waals surface area (Å²) in [6, 6.07) is 15.2. The third-order valence-electron chi connectivity index (χ3n) is 7.18. The number of hydrogen-bond donors (Lipinski definition) is 1. The quantitative estimate of drug-likeness (QED) is 0.753. The van der Waals surface area contributed by atoms with Gasteiger partial charge in [-0.15, -0.1) is 0 Å². The highest BCUT2D eigenvalue weighted by atomic mass is 16.2. The van der Waals surface area contributed by atoms with Crippen LogP contribution >= 0.6 is 0 Å². The molecule has 2 fully saturated rings. The third-order valence-corrected chi connectivity index (χ3v) is 7.18. The monoisotopic (exact) mass is 446 g/mol. The molecule has 7 heteroatoms. The van der Waals surface area contributed by atoms with Gasteiger partial charge in [0.25, 0.3) is 5.91 Å². The van der Waals surface area contributed by atoms with Crippen molar-refractivity contribution in [2.24, 2.45) is 0 Å². The van der Waals surface area contributed by atoms with Gasteiger partial charge in [-0.25, -0.2) is 0 Å². The topological polar surface area (TPSA) is 73.0 Å². The lowest BCUT2D eigenvalue weighted by Crippen LogP contribution is -2.62. The third kappa shape index (κ3) is 3.86. The molecule has 7 nitrogen and oxygen atoms in total. The molecule has 0 radical (unpaired) electrons. The lowest BCUT2D eigenvalue weighted by atomic mass is 9.98. The highest BCUT2D eigenvalue weighted by Gasteiger charge is 2.52. The summed E-state index contributed by atoms with van der Waals surface area (Å²) in [5.41, 5.74) is 2.38. The molecule has 3 heterocycles. The molecule has 1 atom stereocenters. The van der Waals surface area contributed by atoms with Gasteiger partial charge in [0.2, 0.25) is 11.8 Å². The van der Waals surface area contributed by atoms with E-state index in [2.05, 4.69) is 22.3 Å². The Morgan fingerprint density at radius 2 is 1.73 bits per heavy atom. The molecule has 0 aliphatic carbocycles. The Bertz CT molecular complexity index is 1080. The van der Waals surface area contributed by atoms with Crippen LogP contribution < -0.4 is 15.1 Å². The Kier molecular flexibility index (Phi) is 5.56. The molecule has 5 rings (SSSR count). The molecule has 2 saturated heterocycles. The van der Waals surface area contributed by atoms with Gasteiger partial charge in [-0.2, -0.15) is 0 Å². The number of nitrogens with one attached hydrogen (secondary N) is 1. The lowest BCUT2D eigenvalue weighted by Gasteiger charge is -2.48. The average Bonchev–Trinajstić information content (AvgIpc) is 3.15. The van der Waals surface area contributed by atoms with E-state index in [1.807, 2.05) is 31.2 Å². The molecular formula is C26H30N4O3. The highest BCUT2D eigenvalue weighted by molar-refractivity contribution is 6.10. The van der Waals surface area contributed by atoms with Crippen LogP contribution in [0.2, 0.25) is 0 Å². The first-order valence-electron chi connectivity index (χ1n) is 11.9. The van der Waals surface area contributed by atoms with Gasteiger partial charge in [0.15, 0.2) is 0 Å².